The number of imidazole rings is 1. The minimum absolute atomic E-state index is 0.0319. The zero-order valence-electron chi connectivity index (χ0n) is 12.9. The summed E-state index contributed by atoms with van der Waals surface area (Å²) in [4.78, 5) is 30.9. The van der Waals surface area contributed by atoms with Crippen molar-refractivity contribution in [2.45, 2.75) is 23.8 Å². The van der Waals surface area contributed by atoms with E-state index in [9.17, 15) is 19.2 Å². The Morgan fingerprint density at radius 1 is 1.46 bits per heavy atom. The van der Waals surface area contributed by atoms with E-state index in [0.717, 1.165) is 6.42 Å². The summed E-state index contributed by atoms with van der Waals surface area (Å²) in [5.74, 6) is -1.31. The zero-order chi connectivity index (χ0) is 17.0. The van der Waals surface area contributed by atoms with Gasteiger partial charge in [0, 0.05) is 6.54 Å². The van der Waals surface area contributed by atoms with E-state index in [4.69, 9.17) is 0 Å². The Balaban J connectivity index is 2.06. The van der Waals surface area contributed by atoms with Crippen LogP contribution in [0.15, 0.2) is 29.4 Å². The van der Waals surface area contributed by atoms with E-state index in [1.807, 2.05) is 0 Å². The molecule has 0 bridgehead atoms. The third kappa shape index (κ3) is 1.99. The molecule has 1 unspecified atom stereocenters. The van der Waals surface area contributed by atoms with Gasteiger partial charge in [0.15, 0.2) is 10.6 Å². The quantitative estimate of drug-likeness (QED) is 0.834. The number of aromatic carboxylic acids is 1. The molecular formula is C16H15N3O4S. The van der Waals surface area contributed by atoms with Gasteiger partial charge in [-0.1, -0.05) is 6.07 Å². The molecule has 1 saturated heterocycles. The summed E-state index contributed by atoms with van der Waals surface area (Å²) in [5.41, 5.74) is 1.40. The summed E-state index contributed by atoms with van der Waals surface area (Å²) in [6.45, 7) is 0.553. The molecule has 1 amide bonds. The number of hydrogen-bond acceptors (Lipinski definition) is 4. The maximum Gasteiger partial charge on any atom is 0.356 e. The van der Waals surface area contributed by atoms with Crippen LogP contribution in [0.2, 0.25) is 0 Å². The van der Waals surface area contributed by atoms with Crippen molar-refractivity contribution in [3.05, 3.63) is 41.5 Å². The Morgan fingerprint density at radius 3 is 2.96 bits per heavy atom. The number of rotatable bonds is 2. The molecule has 8 heteroatoms. The summed E-state index contributed by atoms with van der Waals surface area (Å²) in [6.07, 6.45) is 4.46. The number of benzene rings is 1. The van der Waals surface area contributed by atoms with Crippen molar-refractivity contribution in [3.8, 4) is 5.69 Å². The van der Waals surface area contributed by atoms with Gasteiger partial charge in [-0.3, -0.25) is 9.36 Å². The van der Waals surface area contributed by atoms with E-state index >= 15 is 0 Å². The second-order valence-corrected chi connectivity index (χ2v) is 7.26. The molecule has 4 rings (SSSR count). The van der Waals surface area contributed by atoms with Crippen LogP contribution in [0.5, 0.6) is 0 Å². The van der Waals surface area contributed by atoms with Crippen molar-refractivity contribution in [3.63, 3.8) is 0 Å². The minimum Gasteiger partial charge on any atom is -0.612 e. The molecule has 0 spiro atoms. The third-order valence-corrected chi connectivity index (χ3v) is 5.58. The van der Waals surface area contributed by atoms with Crippen LogP contribution in [0.25, 0.3) is 5.69 Å². The largest absolute Gasteiger partial charge is 0.612 e. The number of hydrogen-bond donors (Lipinski definition) is 1. The van der Waals surface area contributed by atoms with E-state index in [0.29, 0.717) is 34.8 Å². The first-order valence-corrected chi connectivity index (χ1v) is 9.15. The number of carbonyl (C=O) groups is 2. The minimum atomic E-state index is -1.33. The smallest absolute Gasteiger partial charge is 0.356 e. The molecule has 0 radical (unpaired) electrons. The second kappa shape index (κ2) is 5.35. The lowest BCUT2D eigenvalue weighted by Crippen LogP contribution is -2.31. The monoisotopic (exact) mass is 345 g/mol. The van der Waals surface area contributed by atoms with Gasteiger partial charge in [0.2, 0.25) is 0 Å². The van der Waals surface area contributed by atoms with E-state index in [2.05, 4.69) is 4.98 Å². The maximum atomic E-state index is 13.1. The summed E-state index contributed by atoms with van der Waals surface area (Å²) in [6, 6.07) is 4.82. The van der Waals surface area contributed by atoms with Gasteiger partial charge in [-0.05, 0) is 36.2 Å². The lowest BCUT2D eigenvalue weighted by molar-refractivity contribution is 0.0672. The summed E-state index contributed by atoms with van der Waals surface area (Å²) >= 11 is -1.33. The first-order chi connectivity index (χ1) is 11.5. The van der Waals surface area contributed by atoms with Crippen molar-refractivity contribution >= 4 is 23.1 Å². The predicted octanol–water partition coefficient (Wildman–Crippen LogP) is 1.60. The third-order valence-electron chi connectivity index (χ3n) is 4.62. The number of carbonyl (C=O) groups excluding carboxylic acids is 1. The lowest BCUT2D eigenvalue weighted by atomic mass is 10.1. The van der Waals surface area contributed by atoms with Gasteiger partial charge in [0.05, 0.1) is 17.4 Å². The molecule has 24 heavy (non-hydrogen) atoms. The van der Waals surface area contributed by atoms with Crippen molar-refractivity contribution in [2.24, 2.45) is 0 Å². The normalized spacial score (nSPS) is 20.2. The number of nitrogens with zero attached hydrogens (tertiary/aromatic N) is 3. The fraction of sp³-hybridized carbons (Fsp3) is 0.312. The van der Waals surface area contributed by atoms with Crippen LogP contribution in [0.3, 0.4) is 0 Å². The molecule has 3 heterocycles. The highest BCUT2D eigenvalue weighted by molar-refractivity contribution is 7.90. The van der Waals surface area contributed by atoms with Crippen molar-refractivity contribution in [2.75, 3.05) is 12.8 Å². The van der Waals surface area contributed by atoms with Crippen molar-refractivity contribution in [1.82, 2.24) is 14.5 Å². The highest BCUT2D eigenvalue weighted by Crippen LogP contribution is 2.41. The van der Waals surface area contributed by atoms with Gasteiger partial charge in [0.25, 0.3) is 5.91 Å². The van der Waals surface area contributed by atoms with Gasteiger partial charge in [0.1, 0.15) is 18.1 Å². The maximum absolute atomic E-state index is 13.1. The summed E-state index contributed by atoms with van der Waals surface area (Å²) in [7, 11) is 0. The fourth-order valence-corrected chi connectivity index (χ4v) is 4.40. The molecule has 2 aliphatic heterocycles. The molecule has 2 atom stereocenters. The van der Waals surface area contributed by atoms with Crippen molar-refractivity contribution in [1.29, 1.82) is 0 Å². The topological polar surface area (TPSA) is 98.5 Å². The molecule has 0 aliphatic carbocycles. The molecule has 2 aliphatic rings. The highest BCUT2D eigenvalue weighted by Gasteiger charge is 2.42. The van der Waals surface area contributed by atoms with E-state index in [-0.39, 0.29) is 17.6 Å². The van der Waals surface area contributed by atoms with Gasteiger partial charge in [-0.2, -0.15) is 0 Å². The van der Waals surface area contributed by atoms with Gasteiger partial charge in [-0.15, -0.1) is 0 Å². The average molecular weight is 345 g/mol. The van der Waals surface area contributed by atoms with Crippen LogP contribution >= 0.6 is 0 Å². The van der Waals surface area contributed by atoms with E-state index in [1.165, 1.54) is 12.6 Å². The highest BCUT2D eigenvalue weighted by atomic mass is 32.2. The lowest BCUT2D eigenvalue weighted by Gasteiger charge is -2.23. The first-order valence-electron chi connectivity index (χ1n) is 7.59. The Kier molecular flexibility index (Phi) is 3.40. The first kappa shape index (κ1) is 15.2. The van der Waals surface area contributed by atoms with Gasteiger partial charge in [-0.25, -0.2) is 9.78 Å². The summed E-state index contributed by atoms with van der Waals surface area (Å²) < 4.78 is 13.8. The Morgan fingerprint density at radius 2 is 2.25 bits per heavy atom. The van der Waals surface area contributed by atoms with Crippen LogP contribution in [0.4, 0.5) is 0 Å². The van der Waals surface area contributed by atoms with Crippen LogP contribution in [0, 0.1) is 0 Å². The average Bonchev–Trinajstić information content (AvgIpc) is 3.17. The molecular weight excluding hydrogens is 330 g/mol. The zero-order valence-corrected chi connectivity index (χ0v) is 13.7. The number of aromatic nitrogens is 2. The van der Waals surface area contributed by atoms with Crippen LogP contribution in [-0.2, 0) is 11.2 Å². The van der Waals surface area contributed by atoms with Crippen molar-refractivity contribution < 1.29 is 19.2 Å². The Labute approximate surface area is 141 Å². The number of carboxylic acid groups (broad SMARTS) is 1. The predicted molar refractivity (Wildman–Crippen MR) is 85.9 cm³/mol. The van der Waals surface area contributed by atoms with E-state index in [1.54, 1.807) is 27.7 Å². The molecule has 1 aromatic carbocycles. The molecule has 1 fully saturated rings. The molecule has 7 nitrogen and oxygen atoms in total. The molecule has 1 aromatic heterocycles. The standard InChI is InChI=1S/C16H15N3O4S/c1-24(23)11-6-2-4-9-12(11)15(20)18-7-3-5-10(18)14-13(16(21)22)17-8-19(9)14/h2,4,6,8,10H,3,5,7H2,1H3,(H,21,22)/t10-,24?/m0/s1. The molecule has 2 aromatic rings. The van der Waals surface area contributed by atoms with Crippen LogP contribution in [0.1, 0.15) is 45.4 Å². The van der Waals surface area contributed by atoms with Crippen LogP contribution < -0.4 is 0 Å². The molecule has 1 N–H and O–H groups in total. The van der Waals surface area contributed by atoms with Crippen LogP contribution in [-0.4, -0.2) is 48.8 Å². The second-order valence-electron chi connectivity index (χ2n) is 5.91. The molecule has 0 saturated carbocycles. The number of carboxylic acids is 1. The Bertz CT molecular complexity index is 861. The number of amides is 1. The SMILES string of the molecule is C[S+]([O-])c1cccc2c1C(=O)N1CCC[C@H]1c1c(C(=O)O)ncn1-2. The van der Waals surface area contributed by atoms with Gasteiger partial charge >= 0.3 is 5.97 Å². The van der Waals surface area contributed by atoms with Gasteiger partial charge < -0.3 is 14.6 Å². The Hall–Kier alpha value is -2.32. The number of fused-ring (bicyclic) bond motifs is 5. The molecule has 124 valence electrons. The summed E-state index contributed by atoms with van der Waals surface area (Å²) in [5, 5.41) is 9.47. The fourth-order valence-electron chi connectivity index (χ4n) is 3.65. The van der Waals surface area contributed by atoms with E-state index < -0.39 is 17.1 Å².